The zero-order valence-electron chi connectivity index (χ0n) is 12.3. The number of hydrogen-bond acceptors (Lipinski definition) is 3. The van der Waals surface area contributed by atoms with Gasteiger partial charge >= 0.3 is 0 Å². The Morgan fingerprint density at radius 1 is 0.739 bits per heavy atom. The van der Waals surface area contributed by atoms with Crippen LogP contribution in [0.3, 0.4) is 0 Å². The molecule has 0 saturated carbocycles. The van der Waals surface area contributed by atoms with Gasteiger partial charge in [0.15, 0.2) is 5.03 Å². The van der Waals surface area contributed by atoms with Crippen LogP contribution in [0.5, 0.6) is 0 Å². The molecule has 4 aromatic rings. The molecule has 4 heteroatoms. The van der Waals surface area contributed by atoms with Crippen LogP contribution >= 0.6 is 11.8 Å². The summed E-state index contributed by atoms with van der Waals surface area (Å²) >= 11 is 1.65. The Kier molecular flexibility index (Phi) is 3.74. The molecule has 0 N–H and O–H groups in total. The normalized spacial score (nSPS) is 10.8. The molecule has 0 aliphatic rings. The second-order valence-corrected chi connectivity index (χ2v) is 6.11. The van der Waals surface area contributed by atoms with Crippen molar-refractivity contribution in [3.63, 3.8) is 0 Å². The maximum absolute atomic E-state index is 4.80. The van der Waals surface area contributed by atoms with Gasteiger partial charge in [-0.25, -0.2) is 4.98 Å². The van der Waals surface area contributed by atoms with Gasteiger partial charge in [0.25, 0.3) is 5.52 Å². The molecule has 0 amide bonds. The highest BCUT2D eigenvalue weighted by Crippen LogP contribution is 2.29. The van der Waals surface area contributed by atoms with E-state index in [2.05, 4.69) is 17.2 Å². The molecule has 0 bridgehead atoms. The molecule has 4 rings (SSSR count). The molecule has 0 atom stereocenters. The monoisotopic (exact) mass is 316 g/mol. The number of aromatic nitrogens is 3. The topological polar surface area (TPSA) is 29.9 Å². The average molecular weight is 316 g/mol. The van der Waals surface area contributed by atoms with Crippen LogP contribution in [0.15, 0.2) is 95.0 Å². The van der Waals surface area contributed by atoms with E-state index in [0.717, 1.165) is 26.8 Å². The molecule has 110 valence electrons. The number of nitrogens with zero attached hydrogens (tertiary/aromatic N) is 3. The summed E-state index contributed by atoms with van der Waals surface area (Å²) in [7, 11) is 0. The van der Waals surface area contributed by atoms with E-state index < -0.39 is 0 Å². The SMILES string of the molecule is c1ccc(Sc2nc(-c3ccccc3)n[n+]3ccccc23)cc1. The van der Waals surface area contributed by atoms with Crippen LogP contribution in [0.4, 0.5) is 0 Å². The first-order valence-electron chi connectivity index (χ1n) is 7.37. The summed E-state index contributed by atoms with van der Waals surface area (Å²) < 4.78 is 1.89. The van der Waals surface area contributed by atoms with Crippen LogP contribution < -0.4 is 4.52 Å². The van der Waals surface area contributed by atoms with Gasteiger partial charge in [-0.2, -0.15) is 0 Å². The summed E-state index contributed by atoms with van der Waals surface area (Å²) in [5.74, 6) is 0.729. The highest BCUT2D eigenvalue weighted by atomic mass is 32.2. The van der Waals surface area contributed by atoms with Crippen molar-refractivity contribution in [2.45, 2.75) is 9.92 Å². The van der Waals surface area contributed by atoms with Crippen LogP contribution in [0, 0.1) is 0 Å². The summed E-state index contributed by atoms with van der Waals surface area (Å²) in [5, 5.41) is 5.59. The van der Waals surface area contributed by atoms with Gasteiger partial charge in [0, 0.05) is 27.7 Å². The van der Waals surface area contributed by atoms with E-state index in [1.165, 1.54) is 0 Å². The van der Waals surface area contributed by atoms with E-state index in [9.17, 15) is 0 Å². The maximum atomic E-state index is 4.80. The summed E-state index contributed by atoms with van der Waals surface area (Å²) in [4.78, 5) is 5.96. The van der Waals surface area contributed by atoms with Crippen molar-refractivity contribution in [1.29, 1.82) is 0 Å². The van der Waals surface area contributed by atoms with E-state index in [-0.39, 0.29) is 0 Å². The van der Waals surface area contributed by atoms with Gasteiger partial charge in [-0.15, -0.1) is 0 Å². The minimum Gasteiger partial charge on any atom is -0.209 e. The molecule has 0 aliphatic heterocycles. The number of benzene rings is 2. The molecule has 0 fully saturated rings. The zero-order chi connectivity index (χ0) is 15.5. The van der Waals surface area contributed by atoms with Gasteiger partial charge in [0.05, 0.1) is 0 Å². The van der Waals surface area contributed by atoms with E-state index in [0.29, 0.717) is 0 Å². The predicted molar refractivity (Wildman–Crippen MR) is 91.2 cm³/mol. The van der Waals surface area contributed by atoms with E-state index in [1.54, 1.807) is 11.8 Å². The van der Waals surface area contributed by atoms with E-state index in [4.69, 9.17) is 4.98 Å². The quantitative estimate of drug-likeness (QED) is 0.534. The van der Waals surface area contributed by atoms with Gasteiger partial charge in [0.1, 0.15) is 0 Å². The molecule has 23 heavy (non-hydrogen) atoms. The summed E-state index contributed by atoms with van der Waals surface area (Å²) in [6.07, 6.45) is 1.96. The van der Waals surface area contributed by atoms with Crippen LogP contribution in [0.2, 0.25) is 0 Å². The molecular formula is C19H14N3S+. The Labute approximate surface area is 138 Å². The predicted octanol–water partition coefficient (Wildman–Crippen LogP) is 4.03. The number of rotatable bonds is 3. The average Bonchev–Trinajstić information content (AvgIpc) is 2.63. The van der Waals surface area contributed by atoms with Crippen molar-refractivity contribution < 1.29 is 4.52 Å². The van der Waals surface area contributed by atoms with Gasteiger partial charge in [0.2, 0.25) is 12.0 Å². The molecule has 0 unspecified atom stereocenters. The smallest absolute Gasteiger partial charge is 0.209 e. The first-order chi connectivity index (χ1) is 11.4. The fourth-order valence-electron chi connectivity index (χ4n) is 2.35. The van der Waals surface area contributed by atoms with Crippen LogP contribution in [-0.2, 0) is 0 Å². The largest absolute Gasteiger partial charge is 0.270 e. The molecule has 0 saturated heterocycles. The highest BCUT2D eigenvalue weighted by Gasteiger charge is 2.16. The Bertz CT molecular complexity index is 940. The lowest BCUT2D eigenvalue weighted by molar-refractivity contribution is -0.582. The molecule has 2 aromatic carbocycles. The molecule has 0 spiro atoms. The number of hydrogen-bond donors (Lipinski definition) is 0. The minimum atomic E-state index is 0.729. The number of pyridine rings is 1. The molecule has 2 aromatic heterocycles. The molecule has 0 radical (unpaired) electrons. The molecule has 3 nitrogen and oxygen atoms in total. The lowest BCUT2D eigenvalue weighted by Crippen LogP contribution is -2.28. The second kappa shape index (κ2) is 6.18. The minimum absolute atomic E-state index is 0.729. The number of fused-ring (bicyclic) bond motifs is 1. The van der Waals surface area contributed by atoms with Crippen molar-refractivity contribution in [2.75, 3.05) is 0 Å². The van der Waals surface area contributed by atoms with Gasteiger partial charge in [-0.1, -0.05) is 60.3 Å². The van der Waals surface area contributed by atoms with Crippen molar-refractivity contribution in [1.82, 2.24) is 10.1 Å². The molecule has 0 aliphatic carbocycles. The van der Waals surface area contributed by atoms with Crippen molar-refractivity contribution in [2.24, 2.45) is 0 Å². The summed E-state index contributed by atoms with van der Waals surface area (Å²) in [6.45, 7) is 0. The van der Waals surface area contributed by atoms with Crippen molar-refractivity contribution in [3.05, 3.63) is 85.1 Å². The van der Waals surface area contributed by atoms with Gasteiger partial charge in [-0.05, 0) is 22.7 Å². The van der Waals surface area contributed by atoms with Crippen molar-refractivity contribution in [3.8, 4) is 11.4 Å². The third kappa shape index (κ3) is 2.94. The second-order valence-electron chi connectivity index (χ2n) is 5.05. The molecular weight excluding hydrogens is 302 g/mol. The van der Waals surface area contributed by atoms with Crippen molar-refractivity contribution >= 4 is 17.3 Å². The zero-order valence-corrected chi connectivity index (χ0v) is 13.1. The van der Waals surface area contributed by atoms with E-state index in [1.807, 2.05) is 77.4 Å². The third-order valence-electron chi connectivity index (χ3n) is 3.46. The maximum Gasteiger partial charge on any atom is 0.270 e. The fourth-order valence-corrected chi connectivity index (χ4v) is 3.27. The summed E-state index contributed by atoms with van der Waals surface area (Å²) in [5.41, 5.74) is 2.02. The highest BCUT2D eigenvalue weighted by molar-refractivity contribution is 7.99. The van der Waals surface area contributed by atoms with Crippen LogP contribution in [-0.4, -0.2) is 10.1 Å². The standard InChI is InChI=1S/C19H14N3S/c1-3-9-15(10-4-1)18-20-19(23-16-11-5-2-6-12-16)17-13-7-8-14-22(17)21-18/h1-14H/q+1. The third-order valence-corrected chi connectivity index (χ3v) is 4.46. The first kappa shape index (κ1) is 13.9. The Morgan fingerprint density at radius 3 is 2.22 bits per heavy atom. The fraction of sp³-hybridized carbons (Fsp3) is 0. The van der Waals surface area contributed by atoms with E-state index >= 15 is 0 Å². The van der Waals surface area contributed by atoms with Gasteiger partial charge in [-0.3, -0.25) is 0 Å². The Balaban J connectivity index is 1.87. The lowest BCUT2D eigenvalue weighted by atomic mass is 10.2. The Morgan fingerprint density at radius 2 is 1.43 bits per heavy atom. The van der Waals surface area contributed by atoms with Crippen LogP contribution in [0.25, 0.3) is 16.9 Å². The van der Waals surface area contributed by atoms with Crippen LogP contribution in [0.1, 0.15) is 0 Å². The molecule has 2 heterocycles. The Hall–Kier alpha value is -2.72. The van der Waals surface area contributed by atoms with Gasteiger partial charge < -0.3 is 0 Å². The lowest BCUT2D eigenvalue weighted by Gasteiger charge is -2.03. The first-order valence-corrected chi connectivity index (χ1v) is 8.19. The summed E-state index contributed by atoms with van der Waals surface area (Å²) in [6, 6.07) is 26.4.